The van der Waals surface area contributed by atoms with Crippen molar-refractivity contribution in [3.05, 3.63) is 65.9 Å². The van der Waals surface area contributed by atoms with Crippen molar-refractivity contribution in [3.8, 4) is 40.0 Å². The maximum atomic E-state index is 13.6. The van der Waals surface area contributed by atoms with E-state index in [4.69, 9.17) is 18.6 Å². The average Bonchev–Trinajstić information content (AvgIpc) is 3.72. The molecule has 4 aromatic rings. The molecule has 1 amide bonds. The van der Waals surface area contributed by atoms with Crippen LogP contribution in [0.15, 0.2) is 59.1 Å². The number of methoxy groups -OCH3 is 1. The number of pyridine rings is 1. The number of amides is 1. The van der Waals surface area contributed by atoms with Gasteiger partial charge in [-0.25, -0.2) is 0 Å². The van der Waals surface area contributed by atoms with E-state index < -0.39 is 0 Å². The Hall–Kier alpha value is -4.39. The Labute approximate surface area is 256 Å². The maximum Gasteiger partial charge on any atom is 0.254 e. The predicted octanol–water partition coefficient (Wildman–Crippen LogP) is 5.82. The summed E-state index contributed by atoms with van der Waals surface area (Å²) in [5, 5.41) is 13.4. The number of ether oxygens (including phenoxy) is 3. The largest absolute Gasteiger partial charge is 0.496 e. The highest BCUT2D eigenvalue weighted by atomic mass is 16.5. The van der Waals surface area contributed by atoms with Crippen LogP contribution in [0.5, 0.6) is 11.5 Å². The number of fused-ring (bicyclic) bond motifs is 1. The summed E-state index contributed by atoms with van der Waals surface area (Å²) >= 11 is 0. The van der Waals surface area contributed by atoms with Crippen molar-refractivity contribution in [2.24, 2.45) is 5.41 Å². The number of nitrogens with zero attached hydrogens (tertiary/aromatic N) is 3. The Bertz CT molecular complexity index is 1730. The average molecular weight is 593 g/mol. The van der Waals surface area contributed by atoms with Crippen LogP contribution < -0.4 is 14.8 Å². The van der Waals surface area contributed by atoms with E-state index in [1.54, 1.807) is 13.3 Å². The molecule has 1 spiro atoms. The molecule has 7 rings (SSSR count). The molecule has 44 heavy (non-hydrogen) atoms. The van der Waals surface area contributed by atoms with Gasteiger partial charge in [-0.1, -0.05) is 6.07 Å². The molecule has 1 unspecified atom stereocenters. The number of rotatable bonds is 6. The number of nitriles is 1. The minimum atomic E-state index is 0.0342. The predicted molar refractivity (Wildman–Crippen MR) is 166 cm³/mol. The van der Waals surface area contributed by atoms with Crippen LogP contribution in [-0.2, 0) is 4.74 Å². The van der Waals surface area contributed by atoms with E-state index in [1.807, 2.05) is 53.4 Å². The first-order chi connectivity index (χ1) is 21.6. The van der Waals surface area contributed by atoms with Crippen LogP contribution in [0.3, 0.4) is 0 Å². The number of hydrogen-bond acceptors (Lipinski definition) is 8. The smallest absolute Gasteiger partial charge is 0.254 e. The molecule has 0 radical (unpaired) electrons. The summed E-state index contributed by atoms with van der Waals surface area (Å²) in [6.45, 7) is 4.90. The van der Waals surface area contributed by atoms with Gasteiger partial charge in [-0.15, -0.1) is 0 Å². The number of benzene rings is 2. The van der Waals surface area contributed by atoms with Gasteiger partial charge in [0.15, 0.2) is 5.58 Å². The first-order valence-corrected chi connectivity index (χ1v) is 15.4. The number of nitrogens with one attached hydrogen (secondary N) is 1. The molecule has 226 valence electrons. The van der Waals surface area contributed by atoms with E-state index in [0.717, 1.165) is 68.6 Å². The van der Waals surface area contributed by atoms with E-state index in [-0.39, 0.29) is 17.4 Å². The van der Waals surface area contributed by atoms with Crippen molar-refractivity contribution in [1.82, 2.24) is 15.2 Å². The molecule has 3 saturated heterocycles. The summed E-state index contributed by atoms with van der Waals surface area (Å²) in [5.41, 5.74) is 4.96. The van der Waals surface area contributed by atoms with Crippen molar-refractivity contribution < 1.29 is 23.4 Å². The number of piperidine rings is 1. The summed E-state index contributed by atoms with van der Waals surface area (Å²) in [4.78, 5) is 20.1. The quantitative estimate of drug-likeness (QED) is 0.299. The fraction of sp³-hybridized carbons (Fsp3) is 0.400. The lowest BCUT2D eigenvalue weighted by Crippen LogP contribution is -2.47. The Morgan fingerprint density at radius 1 is 1.09 bits per heavy atom. The van der Waals surface area contributed by atoms with Crippen LogP contribution in [-0.4, -0.2) is 68.4 Å². The summed E-state index contributed by atoms with van der Waals surface area (Å²) in [5.74, 6) is 1.76. The second kappa shape index (κ2) is 11.9. The van der Waals surface area contributed by atoms with Crippen LogP contribution in [0.25, 0.3) is 33.6 Å². The highest BCUT2D eigenvalue weighted by Gasteiger charge is 2.39. The van der Waals surface area contributed by atoms with Gasteiger partial charge < -0.3 is 28.8 Å². The molecular formula is C35H36N4O5. The highest BCUT2D eigenvalue weighted by molar-refractivity contribution is 5.97. The van der Waals surface area contributed by atoms with Crippen LogP contribution in [0.4, 0.5) is 0 Å². The van der Waals surface area contributed by atoms with Gasteiger partial charge in [0.2, 0.25) is 0 Å². The standard InChI is InChI=1S/C35H36N4O5/c1-41-31-18-24(34(40)39-14-2-10-35(22-39)11-13-37-21-35)3-5-28(31)32-19-29-33(44-32)27(7-12-38-29)23-4-6-30(25(17-23)20-36)43-26-8-15-42-16-9-26/h3-7,12,17-19,26,37H,2,8-11,13-16,21-22H2,1H3. The van der Waals surface area contributed by atoms with Gasteiger partial charge >= 0.3 is 0 Å². The lowest BCUT2D eigenvalue weighted by atomic mass is 9.79. The molecule has 9 heteroatoms. The first kappa shape index (κ1) is 28.4. The lowest BCUT2D eigenvalue weighted by Gasteiger charge is -2.40. The van der Waals surface area contributed by atoms with Crippen molar-refractivity contribution in [3.63, 3.8) is 0 Å². The second-order valence-electron chi connectivity index (χ2n) is 12.1. The Morgan fingerprint density at radius 3 is 2.77 bits per heavy atom. The number of carbonyl (C=O) groups excluding carboxylic acids is 1. The molecule has 1 atom stereocenters. The van der Waals surface area contributed by atoms with Crippen molar-refractivity contribution in [1.29, 1.82) is 5.26 Å². The Morgan fingerprint density at radius 2 is 1.98 bits per heavy atom. The van der Waals surface area contributed by atoms with E-state index in [9.17, 15) is 10.1 Å². The summed E-state index contributed by atoms with van der Waals surface area (Å²) < 4.78 is 23.8. The summed E-state index contributed by atoms with van der Waals surface area (Å²) in [7, 11) is 1.60. The highest BCUT2D eigenvalue weighted by Crippen LogP contribution is 2.40. The third kappa shape index (κ3) is 5.40. The van der Waals surface area contributed by atoms with Gasteiger partial charge in [0.1, 0.15) is 34.9 Å². The van der Waals surface area contributed by atoms with Crippen molar-refractivity contribution in [2.75, 3.05) is 46.5 Å². The molecule has 0 bridgehead atoms. The normalized spacial score (nSPS) is 20.6. The van der Waals surface area contributed by atoms with Crippen molar-refractivity contribution in [2.45, 2.75) is 38.2 Å². The number of carbonyl (C=O) groups is 1. The summed E-state index contributed by atoms with van der Waals surface area (Å²) in [6, 6.07) is 17.2. The fourth-order valence-corrected chi connectivity index (χ4v) is 6.89. The van der Waals surface area contributed by atoms with Crippen LogP contribution >= 0.6 is 0 Å². The zero-order valence-corrected chi connectivity index (χ0v) is 24.9. The first-order valence-electron chi connectivity index (χ1n) is 15.4. The van der Waals surface area contributed by atoms with Crippen LogP contribution in [0, 0.1) is 16.7 Å². The van der Waals surface area contributed by atoms with Crippen LogP contribution in [0.2, 0.25) is 0 Å². The van der Waals surface area contributed by atoms with E-state index >= 15 is 0 Å². The second-order valence-corrected chi connectivity index (χ2v) is 12.1. The van der Waals surface area contributed by atoms with Crippen LogP contribution in [0.1, 0.15) is 48.0 Å². The minimum Gasteiger partial charge on any atom is -0.496 e. The van der Waals surface area contributed by atoms with E-state index in [2.05, 4.69) is 16.4 Å². The van der Waals surface area contributed by atoms with Gasteiger partial charge in [0.25, 0.3) is 5.91 Å². The third-order valence-corrected chi connectivity index (χ3v) is 9.28. The van der Waals surface area contributed by atoms with Gasteiger partial charge in [0.05, 0.1) is 31.5 Å². The molecule has 5 heterocycles. The molecule has 9 nitrogen and oxygen atoms in total. The zero-order valence-electron chi connectivity index (χ0n) is 24.9. The lowest BCUT2D eigenvalue weighted by molar-refractivity contribution is 0.0254. The maximum absolute atomic E-state index is 13.6. The van der Waals surface area contributed by atoms with E-state index in [1.165, 1.54) is 6.42 Å². The van der Waals surface area contributed by atoms with Gasteiger partial charge in [0, 0.05) is 61.3 Å². The SMILES string of the molecule is COc1cc(C(=O)N2CCCC3(CCNC3)C2)ccc1-c1cc2nccc(-c3ccc(OC4CCOCC4)c(C#N)c3)c2o1. The number of aromatic nitrogens is 1. The topological polar surface area (TPSA) is 110 Å². The molecule has 3 fully saturated rings. The molecular weight excluding hydrogens is 556 g/mol. The monoisotopic (exact) mass is 592 g/mol. The van der Waals surface area contributed by atoms with Gasteiger partial charge in [-0.3, -0.25) is 9.78 Å². The molecule has 1 N–H and O–H groups in total. The van der Waals surface area contributed by atoms with Crippen molar-refractivity contribution >= 4 is 17.0 Å². The van der Waals surface area contributed by atoms with E-state index in [0.29, 0.717) is 52.7 Å². The minimum absolute atomic E-state index is 0.0342. The molecule has 3 aliphatic heterocycles. The number of likely N-dealkylation sites (tertiary alicyclic amines) is 1. The molecule has 0 saturated carbocycles. The molecule has 0 aliphatic carbocycles. The zero-order chi connectivity index (χ0) is 30.1. The Balaban J connectivity index is 1.16. The number of furan rings is 1. The third-order valence-electron chi connectivity index (χ3n) is 9.28. The Kier molecular flexibility index (Phi) is 7.71. The number of hydrogen-bond donors (Lipinski definition) is 1. The van der Waals surface area contributed by atoms with Gasteiger partial charge in [-0.2, -0.15) is 5.26 Å². The molecule has 3 aliphatic rings. The molecule has 2 aromatic heterocycles. The molecule has 2 aromatic carbocycles. The summed E-state index contributed by atoms with van der Waals surface area (Å²) in [6.07, 6.45) is 6.70. The van der Waals surface area contributed by atoms with Gasteiger partial charge in [-0.05, 0) is 67.8 Å². The fourth-order valence-electron chi connectivity index (χ4n) is 6.89.